The number of pyridine rings is 1. The average Bonchev–Trinajstić information content (AvgIpc) is 2.75. The molecule has 29 heavy (non-hydrogen) atoms. The highest BCUT2D eigenvalue weighted by atomic mass is 16.5. The number of amides is 1. The summed E-state index contributed by atoms with van der Waals surface area (Å²) in [7, 11) is 1.64. The summed E-state index contributed by atoms with van der Waals surface area (Å²) in [4.78, 5) is 19.2. The van der Waals surface area contributed by atoms with Crippen molar-refractivity contribution in [2.45, 2.75) is 32.2 Å². The van der Waals surface area contributed by atoms with Gasteiger partial charge in [0.15, 0.2) is 0 Å². The molecule has 1 aliphatic rings. The smallest absolute Gasteiger partial charge is 0.227 e. The van der Waals surface area contributed by atoms with Gasteiger partial charge in [-0.1, -0.05) is 36.4 Å². The van der Waals surface area contributed by atoms with Gasteiger partial charge in [-0.3, -0.25) is 9.78 Å². The van der Waals surface area contributed by atoms with Crippen LogP contribution < -0.4 is 10.1 Å². The Bertz CT molecular complexity index is 1010. The number of nitrogens with zero attached hydrogens (tertiary/aromatic N) is 2. The fourth-order valence-corrected chi connectivity index (χ4v) is 4.07. The molecule has 1 aliphatic heterocycles. The molecule has 5 heteroatoms. The molecule has 5 nitrogen and oxygen atoms in total. The molecule has 1 aromatic heterocycles. The number of hydrogen-bond donors (Lipinski definition) is 1. The summed E-state index contributed by atoms with van der Waals surface area (Å²) >= 11 is 0. The number of carbonyl (C=O) groups excluding carboxylic acids is 1. The molecule has 0 radical (unpaired) electrons. The second-order valence-electron chi connectivity index (χ2n) is 7.62. The average molecular weight is 389 g/mol. The zero-order valence-electron chi connectivity index (χ0n) is 17.0. The predicted molar refractivity (Wildman–Crippen MR) is 116 cm³/mol. The summed E-state index contributed by atoms with van der Waals surface area (Å²) in [6, 6.07) is 16.4. The highest BCUT2D eigenvalue weighted by Gasteiger charge is 2.23. The normalized spacial score (nSPS) is 14.8. The maximum atomic E-state index is 12.8. The molecule has 1 N–H and O–H groups in total. The fraction of sp³-hybridized carbons (Fsp3) is 0.333. The van der Waals surface area contributed by atoms with E-state index in [0.29, 0.717) is 12.5 Å². The van der Waals surface area contributed by atoms with Crippen LogP contribution in [0.2, 0.25) is 0 Å². The van der Waals surface area contributed by atoms with Crippen LogP contribution in [0.3, 0.4) is 0 Å². The number of piperidine rings is 1. The molecule has 2 aromatic carbocycles. The summed E-state index contributed by atoms with van der Waals surface area (Å²) in [5.74, 6) is 0.940. The molecule has 1 fully saturated rings. The molecule has 4 rings (SSSR count). The lowest BCUT2D eigenvalue weighted by Crippen LogP contribution is -2.43. The van der Waals surface area contributed by atoms with Crippen molar-refractivity contribution in [1.82, 2.24) is 9.88 Å². The van der Waals surface area contributed by atoms with Gasteiger partial charge in [0, 0.05) is 42.0 Å². The van der Waals surface area contributed by atoms with Crippen molar-refractivity contribution >= 4 is 22.5 Å². The zero-order chi connectivity index (χ0) is 20.2. The lowest BCUT2D eigenvalue weighted by molar-refractivity contribution is -0.131. The second-order valence-corrected chi connectivity index (χ2v) is 7.62. The third-order valence-corrected chi connectivity index (χ3v) is 5.71. The van der Waals surface area contributed by atoms with Crippen LogP contribution in [0.15, 0.2) is 54.7 Å². The molecule has 0 aliphatic carbocycles. The van der Waals surface area contributed by atoms with E-state index in [0.717, 1.165) is 53.8 Å². The third kappa shape index (κ3) is 4.19. The van der Waals surface area contributed by atoms with E-state index in [1.807, 2.05) is 41.4 Å². The standard InChI is InChI=1S/C24H27N3O2/c1-17-6-5-8-20-21(10-13-25-24(17)20)26-19-11-14-27(15-12-19)23(28)16-18-7-3-4-9-22(18)29-2/h3-10,13,19H,11-12,14-16H2,1-2H3,(H,25,26). The van der Waals surface area contributed by atoms with Crippen molar-refractivity contribution in [2.24, 2.45) is 0 Å². The van der Waals surface area contributed by atoms with Crippen LogP contribution in [0.5, 0.6) is 5.75 Å². The summed E-state index contributed by atoms with van der Waals surface area (Å²) in [6.45, 7) is 3.63. The monoisotopic (exact) mass is 389 g/mol. The first-order valence-electron chi connectivity index (χ1n) is 10.2. The van der Waals surface area contributed by atoms with Crippen LogP contribution >= 0.6 is 0 Å². The number of nitrogens with one attached hydrogen (secondary N) is 1. The second kappa shape index (κ2) is 8.52. The minimum absolute atomic E-state index is 0.165. The highest BCUT2D eigenvalue weighted by Crippen LogP contribution is 2.26. The summed E-state index contributed by atoms with van der Waals surface area (Å²) < 4.78 is 5.37. The minimum Gasteiger partial charge on any atom is -0.496 e. The Morgan fingerprint density at radius 3 is 2.72 bits per heavy atom. The van der Waals surface area contributed by atoms with E-state index in [1.54, 1.807) is 7.11 Å². The first-order valence-corrected chi connectivity index (χ1v) is 10.2. The topological polar surface area (TPSA) is 54.5 Å². The number of likely N-dealkylation sites (tertiary alicyclic amines) is 1. The highest BCUT2D eigenvalue weighted by molar-refractivity contribution is 5.93. The predicted octanol–water partition coefficient (Wildman–Crippen LogP) is 4.20. The van der Waals surface area contributed by atoms with Gasteiger partial charge in [0.1, 0.15) is 5.75 Å². The van der Waals surface area contributed by atoms with Gasteiger partial charge in [0.2, 0.25) is 5.91 Å². The fourth-order valence-electron chi connectivity index (χ4n) is 4.07. The van der Waals surface area contributed by atoms with Gasteiger partial charge in [-0.2, -0.15) is 0 Å². The van der Waals surface area contributed by atoms with E-state index < -0.39 is 0 Å². The molecular formula is C24H27N3O2. The number of benzene rings is 2. The van der Waals surface area contributed by atoms with E-state index in [1.165, 1.54) is 5.56 Å². The number of carbonyl (C=O) groups is 1. The number of aromatic nitrogens is 1. The van der Waals surface area contributed by atoms with Crippen LogP contribution in [0.1, 0.15) is 24.0 Å². The van der Waals surface area contributed by atoms with Crippen LogP contribution in [0.4, 0.5) is 5.69 Å². The lowest BCUT2D eigenvalue weighted by Gasteiger charge is -2.33. The number of fused-ring (bicyclic) bond motifs is 1. The Balaban J connectivity index is 1.38. The molecule has 1 saturated heterocycles. The quantitative estimate of drug-likeness (QED) is 0.711. The summed E-state index contributed by atoms with van der Waals surface area (Å²) in [5, 5.41) is 4.84. The Hall–Kier alpha value is -3.08. The largest absolute Gasteiger partial charge is 0.496 e. The number of ether oxygens (including phenoxy) is 1. The molecule has 0 saturated carbocycles. The molecule has 150 valence electrons. The van der Waals surface area contributed by atoms with Gasteiger partial charge < -0.3 is 15.0 Å². The number of anilines is 1. The molecule has 3 aromatic rings. The van der Waals surface area contributed by atoms with Crippen molar-refractivity contribution in [3.8, 4) is 5.75 Å². The molecule has 2 heterocycles. The Morgan fingerprint density at radius 2 is 1.93 bits per heavy atom. The van der Waals surface area contributed by atoms with Crippen LogP contribution in [-0.2, 0) is 11.2 Å². The molecular weight excluding hydrogens is 362 g/mol. The van der Waals surface area contributed by atoms with Gasteiger partial charge in [-0.05, 0) is 37.5 Å². The van der Waals surface area contributed by atoms with Crippen LogP contribution in [0, 0.1) is 6.92 Å². The first-order chi connectivity index (χ1) is 14.2. The van der Waals surface area contributed by atoms with Crippen molar-refractivity contribution in [1.29, 1.82) is 0 Å². The van der Waals surface area contributed by atoms with Crippen molar-refractivity contribution in [2.75, 3.05) is 25.5 Å². The number of methoxy groups -OCH3 is 1. The number of para-hydroxylation sites is 2. The van der Waals surface area contributed by atoms with E-state index in [2.05, 4.69) is 35.4 Å². The minimum atomic E-state index is 0.165. The van der Waals surface area contributed by atoms with Gasteiger partial charge in [-0.15, -0.1) is 0 Å². The van der Waals surface area contributed by atoms with Gasteiger partial charge in [-0.25, -0.2) is 0 Å². The SMILES string of the molecule is COc1ccccc1CC(=O)N1CCC(Nc2ccnc3c(C)cccc23)CC1. The van der Waals surface area contributed by atoms with Crippen molar-refractivity contribution in [3.63, 3.8) is 0 Å². The van der Waals surface area contributed by atoms with Gasteiger partial charge in [0.25, 0.3) is 0 Å². The van der Waals surface area contributed by atoms with Crippen molar-refractivity contribution < 1.29 is 9.53 Å². The zero-order valence-corrected chi connectivity index (χ0v) is 17.0. The molecule has 0 bridgehead atoms. The molecule has 0 spiro atoms. The van der Waals surface area contributed by atoms with Crippen molar-refractivity contribution in [3.05, 3.63) is 65.9 Å². The number of aryl methyl sites for hydroxylation is 1. The maximum Gasteiger partial charge on any atom is 0.227 e. The number of rotatable bonds is 5. The molecule has 1 amide bonds. The van der Waals surface area contributed by atoms with Gasteiger partial charge >= 0.3 is 0 Å². The molecule has 0 atom stereocenters. The van der Waals surface area contributed by atoms with E-state index in [9.17, 15) is 4.79 Å². The lowest BCUT2D eigenvalue weighted by atomic mass is 10.0. The Morgan fingerprint density at radius 1 is 1.14 bits per heavy atom. The third-order valence-electron chi connectivity index (χ3n) is 5.71. The summed E-state index contributed by atoms with van der Waals surface area (Å²) in [6.07, 6.45) is 4.13. The van der Waals surface area contributed by atoms with Crippen LogP contribution in [-0.4, -0.2) is 42.0 Å². The molecule has 0 unspecified atom stereocenters. The Kier molecular flexibility index (Phi) is 5.65. The number of hydrogen-bond acceptors (Lipinski definition) is 4. The van der Waals surface area contributed by atoms with E-state index >= 15 is 0 Å². The Labute approximate surface area is 171 Å². The summed E-state index contributed by atoms with van der Waals surface area (Å²) in [5.41, 5.74) is 4.29. The van der Waals surface area contributed by atoms with Crippen LogP contribution in [0.25, 0.3) is 10.9 Å². The first kappa shape index (κ1) is 19.2. The van der Waals surface area contributed by atoms with E-state index in [4.69, 9.17) is 4.74 Å². The van der Waals surface area contributed by atoms with E-state index in [-0.39, 0.29) is 5.91 Å². The maximum absolute atomic E-state index is 12.8. The van der Waals surface area contributed by atoms with Gasteiger partial charge in [0.05, 0.1) is 19.0 Å².